The van der Waals surface area contributed by atoms with Crippen LogP contribution in [0.25, 0.3) is 0 Å². The third-order valence-electron chi connectivity index (χ3n) is 4.62. The van der Waals surface area contributed by atoms with Gasteiger partial charge in [-0.1, -0.05) is 26.7 Å². The number of nitrogens with one attached hydrogen (secondary N) is 1. The molecule has 1 aliphatic rings. The van der Waals surface area contributed by atoms with Crippen molar-refractivity contribution in [2.24, 2.45) is 5.92 Å². The Morgan fingerprint density at radius 3 is 2.36 bits per heavy atom. The van der Waals surface area contributed by atoms with Crippen LogP contribution in [0.3, 0.4) is 0 Å². The van der Waals surface area contributed by atoms with E-state index in [1.807, 2.05) is 20.8 Å². The highest BCUT2D eigenvalue weighted by Crippen LogP contribution is 2.32. The van der Waals surface area contributed by atoms with E-state index in [1.54, 1.807) is 6.92 Å². The van der Waals surface area contributed by atoms with Crippen LogP contribution in [0.4, 0.5) is 0 Å². The Hall–Kier alpha value is -0.340. The molecule has 1 saturated heterocycles. The maximum absolute atomic E-state index is 12.4. The molecular weight excluding hydrogens is 342 g/mol. The first-order valence-corrected chi connectivity index (χ1v) is 10.4. The Morgan fingerprint density at radius 1 is 1.28 bits per heavy atom. The zero-order chi connectivity index (χ0) is 19.1. The number of hydrogen-bond donors (Lipinski definition) is 2. The fraction of sp³-hybridized carbons (Fsp3) is 0.944. The number of ether oxygens (including phenoxy) is 2. The standard InChI is InChI=1S/C18H35NO5S/c1-6-7-8-10-18(23-12-13-24-18)11-9-15(14(2)16(20)21)19-25(22)17(3,4)5/h14-15,19H,6-13H2,1-5H3,(H,20,21)/t14-,15?,25?/m0/s1. The first-order chi connectivity index (χ1) is 11.6. The summed E-state index contributed by atoms with van der Waals surface area (Å²) in [6.07, 6.45) is 5.24. The molecule has 0 aromatic heterocycles. The smallest absolute Gasteiger partial charge is 0.307 e. The highest BCUT2D eigenvalue weighted by Gasteiger charge is 2.39. The zero-order valence-electron chi connectivity index (χ0n) is 16.3. The molecule has 3 atom stereocenters. The molecule has 148 valence electrons. The third-order valence-corrected chi connectivity index (χ3v) is 6.25. The predicted molar refractivity (Wildman–Crippen MR) is 99.6 cm³/mol. The van der Waals surface area contributed by atoms with Gasteiger partial charge in [0, 0.05) is 24.2 Å². The van der Waals surface area contributed by atoms with Gasteiger partial charge in [0.05, 0.1) is 25.2 Å². The molecule has 1 rings (SSSR count). The summed E-state index contributed by atoms with van der Waals surface area (Å²) in [6.45, 7) is 10.6. The molecule has 0 radical (unpaired) electrons. The van der Waals surface area contributed by atoms with Crippen LogP contribution in [0.2, 0.25) is 0 Å². The molecule has 1 aliphatic heterocycles. The minimum Gasteiger partial charge on any atom is -0.598 e. The maximum atomic E-state index is 12.4. The van der Waals surface area contributed by atoms with Crippen molar-refractivity contribution in [1.29, 1.82) is 0 Å². The van der Waals surface area contributed by atoms with Crippen molar-refractivity contribution in [3.05, 3.63) is 0 Å². The minimum atomic E-state index is -1.32. The molecule has 1 heterocycles. The summed E-state index contributed by atoms with van der Waals surface area (Å²) in [5, 5.41) is 9.40. The third kappa shape index (κ3) is 7.43. The van der Waals surface area contributed by atoms with Crippen LogP contribution >= 0.6 is 0 Å². The van der Waals surface area contributed by atoms with E-state index in [9.17, 15) is 14.5 Å². The molecule has 7 heteroatoms. The van der Waals surface area contributed by atoms with Crippen LogP contribution in [0.1, 0.15) is 73.1 Å². The Balaban J connectivity index is 2.73. The van der Waals surface area contributed by atoms with Gasteiger partial charge in [0.25, 0.3) is 0 Å². The van der Waals surface area contributed by atoms with Crippen molar-refractivity contribution in [2.45, 2.75) is 89.7 Å². The summed E-state index contributed by atoms with van der Waals surface area (Å²) in [5.74, 6) is -2.15. The van der Waals surface area contributed by atoms with Crippen molar-refractivity contribution < 1.29 is 23.9 Å². The van der Waals surface area contributed by atoms with E-state index in [0.717, 1.165) is 25.7 Å². The summed E-state index contributed by atoms with van der Waals surface area (Å²) in [7, 11) is 0. The lowest BCUT2D eigenvalue weighted by atomic mass is 9.93. The lowest BCUT2D eigenvalue weighted by Crippen LogP contribution is -2.49. The van der Waals surface area contributed by atoms with Gasteiger partial charge in [0.15, 0.2) is 5.79 Å². The van der Waals surface area contributed by atoms with Gasteiger partial charge in [-0.3, -0.25) is 4.79 Å². The highest BCUT2D eigenvalue weighted by atomic mass is 32.2. The van der Waals surface area contributed by atoms with Crippen LogP contribution in [0.5, 0.6) is 0 Å². The van der Waals surface area contributed by atoms with Crippen molar-refractivity contribution in [3.63, 3.8) is 0 Å². The van der Waals surface area contributed by atoms with Crippen molar-refractivity contribution in [3.8, 4) is 0 Å². The van der Waals surface area contributed by atoms with E-state index >= 15 is 0 Å². The second kappa shape index (κ2) is 10.1. The van der Waals surface area contributed by atoms with E-state index in [0.29, 0.717) is 26.1 Å². The van der Waals surface area contributed by atoms with E-state index < -0.39 is 39.8 Å². The van der Waals surface area contributed by atoms with Crippen LogP contribution < -0.4 is 4.72 Å². The Morgan fingerprint density at radius 2 is 1.88 bits per heavy atom. The average molecular weight is 378 g/mol. The number of carbonyl (C=O) groups is 1. The first-order valence-electron chi connectivity index (χ1n) is 9.30. The van der Waals surface area contributed by atoms with E-state index in [2.05, 4.69) is 11.6 Å². The predicted octanol–water partition coefficient (Wildman–Crippen LogP) is 3.23. The summed E-state index contributed by atoms with van der Waals surface area (Å²) < 4.78 is 26.8. The van der Waals surface area contributed by atoms with Gasteiger partial charge >= 0.3 is 5.97 Å². The van der Waals surface area contributed by atoms with Crippen LogP contribution in [0, 0.1) is 5.92 Å². The van der Waals surface area contributed by atoms with Crippen LogP contribution in [0.15, 0.2) is 0 Å². The van der Waals surface area contributed by atoms with Gasteiger partial charge in [-0.25, -0.2) is 0 Å². The molecule has 2 N–H and O–H groups in total. The zero-order valence-corrected chi connectivity index (χ0v) is 17.1. The average Bonchev–Trinajstić information content (AvgIpc) is 2.99. The molecule has 1 fully saturated rings. The monoisotopic (exact) mass is 377 g/mol. The van der Waals surface area contributed by atoms with Gasteiger partial charge in [-0.05, 0) is 33.6 Å². The molecule has 0 bridgehead atoms. The molecule has 25 heavy (non-hydrogen) atoms. The quantitative estimate of drug-likeness (QED) is 0.424. The van der Waals surface area contributed by atoms with Crippen LogP contribution in [-0.4, -0.2) is 45.4 Å². The number of aliphatic carboxylic acids is 1. The second-order valence-corrected chi connectivity index (χ2v) is 9.83. The Kier molecular flexibility index (Phi) is 9.18. The number of rotatable bonds is 11. The summed E-state index contributed by atoms with van der Waals surface area (Å²) in [4.78, 5) is 11.5. The van der Waals surface area contributed by atoms with Gasteiger partial charge in [-0.15, -0.1) is 4.72 Å². The fourth-order valence-corrected chi connectivity index (χ4v) is 3.78. The molecule has 0 spiro atoms. The van der Waals surface area contributed by atoms with Gasteiger partial charge in [0.2, 0.25) is 0 Å². The SMILES string of the molecule is CCCCCC1(CCC(N[S+]([O-])C(C)(C)C)[C@H](C)C(=O)O)OCCO1. The van der Waals surface area contributed by atoms with Gasteiger partial charge in [-0.2, -0.15) is 0 Å². The number of carboxylic acids is 1. The maximum Gasteiger partial charge on any atom is 0.307 e. The molecule has 0 aliphatic carbocycles. The summed E-state index contributed by atoms with van der Waals surface area (Å²) >= 11 is -1.32. The van der Waals surface area contributed by atoms with E-state index in [1.165, 1.54) is 0 Å². The van der Waals surface area contributed by atoms with Crippen LogP contribution in [-0.2, 0) is 25.6 Å². The number of unbranched alkanes of at least 4 members (excludes halogenated alkanes) is 2. The van der Waals surface area contributed by atoms with E-state index in [4.69, 9.17) is 9.47 Å². The van der Waals surface area contributed by atoms with Gasteiger partial charge < -0.3 is 19.1 Å². The Labute approximate surface area is 155 Å². The normalized spacial score (nSPS) is 21.0. The van der Waals surface area contributed by atoms with Crippen molar-refractivity contribution in [1.82, 2.24) is 4.72 Å². The number of carboxylic acid groups (broad SMARTS) is 1. The number of hydrogen-bond acceptors (Lipinski definition) is 5. The molecule has 0 amide bonds. The fourth-order valence-electron chi connectivity index (χ4n) is 2.83. The minimum absolute atomic E-state index is 0.395. The lowest BCUT2D eigenvalue weighted by Gasteiger charge is -2.32. The van der Waals surface area contributed by atoms with E-state index in [-0.39, 0.29) is 0 Å². The molecular formula is C18H35NO5S. The molecule has 0 aromatic rings. The summed E-state index contributed by atoms with van der Waals surface area (Å²) in [6, 6.07) is -0.395. The van der Waals surface area contributed by atoms with Crippen molar-refractivity contribution in [2.75, 3.05) is 13.2 Å². The molecule has 0 aromatic carbocycles. The molecule has 6 nitrogen and oxygen atoms in total. The van der Waals surface area contributed by atoms with Gasteiger partial charge in [0.1, 0.15) is 4.75 Å². The second-order valence-electron chi connectivity index (χ2n) is 7.84. The Bertz CT molecular complexity index is 407. The summed E-state index contributed by atoms with van der Waals surface area (Å²) in [5.41, 5.74) is 0. The van der Waals surface area contributed by atoms with Crippen molar-refractivity contribution >= 4 is 17.3 Å². The lowest BCUT2D eigenvalue weighted by molar-refractivity contribution is -0.170. The molecule has 0 saturated carbocycles. The topological polar surface area (TPSA) is 90.9 Å². The first kappa shape index (κ1) is 22.7. The highest BCUT2D eigenvalue weighted by molar-refractivity contribution is 7.90. The molecule has 2 unspecified atom stereocenters. The largest absolute Gasteiger partial charge is 0.598 e.